The Morgan fingerprint density at radius 1 is 0.933 bits per heavy atom. The summed E-state index contributed by atoms with van der Waals surface area (Å²) < 4.78 is 11.4. The number of anilines is 1. The van der Waals surface area contributed by atoms with Gasteiger partial charge in [-0.3, -0.25) is 4.79 Å². The molecule has 30 heavy (non-hydrogen) atoms. The van der Waals surface area contributed by atoms with Crippen LogP contribution in [0.5, 0.6) is 0 Å². The number of carbonyl (C=O) groups excluding carboxylic acids is 1. The zero-order valence-electron chi connectivity index (χ0n) is 16.5. The molecule has 2 aromatic carbocycles. The van der Waals surface area contributed by atoms with Gasteiger partial charge in [0.25, 0.3) is 0 Å². The Morgan fingerprint density at radius 2 is 1.70 bits per heavy atom. The van der Waals surface area contributed by atoms with Gasteiger partial charge < -0.3 is 19.3 Å². The van der Waals surface area contributed by atoms with Crippen LogP contribution >= 0.6 is 0 Å². The van der Waals surface area contributed by atoms with Gasteiger partial charge in [0.05, 0.1) is 0 Å². The van der Waals surface area contributed by atoms with E-state index in [0.717, 1.165) is 22.5 Å². The number of aliphatic hydroxyl groups excluding tert-OH is 1. The number of benzene rings is 2. The minimum Gasteiger partial charge on any atom is -0.459 e. The summed E-state index contributed by atoms with van der Waals surface area (Å²) in [6.45, 7) is 1.77. The second kappa shape index (κ2) is 8.68. The minimum atomic E-state index is -0.261. The number of furan rings is 2. The number of rotatable bonds is 6. The Labute approximate surface area is 174 Å². The zero-order chi connectivity index (χ0) is 20.9. The van der Waals surface area contributed by atoms with E-state index in [-0.39, 0.29) is 12.5 Å². The fraction of sp³-hybridized carbons (Fsp3) is 0.0800. The monoisotopic (exact) mass is 399 g/mol. The number of amides is 1. The molecule has 0 spiro atoms. The van der Waals surface area contributed by atoms with E-state index in [4.69, 9.17) is 13.9 Å². The van der Waals surface area contributed by atoms with Crippen LogP contribution in [0, 0.1) is 6.92 Å². The first-order valence-corrected chi connectivity index (χ1v) is 9.57. The van der Waals surface area contributed by atoms with Crippen molar-refractivity contribution in [2.75, 3.05) is 5.32 Å². The van der Waals surface area contributed by atoms with E-state index < -0.39 is 0 Å². The largest absolute Gasteiger partial charge is 0.459 e. The predicted molar refractivity (Wildman–Crippen MR) is 117 cm³/mol. The van der Waals surface area contributed by atoms with Crippen LogP contribution in [-0.4, -0.2) is 11.0 Å². The molecule has 0 aliphatic rings. The molecule has 2 heterocycles. The summed E-state index contributed by atoms with van der Waals surface area (Å²) in [7, 11) is 0. The first-order valence-electron chi connectivity index (χ1n) is 9.57. The third-order valence-electron chi connectivity index (χ3n) is 4.68. The molecule has 0 saturated heterocycles. The molecule has 0 aliphatic heterocycles. The molecule has 4 aromatic rings. The Morgan fingerprint density at radius 3 is 2.47 bits per heavy atom. The number of hydrogen-bond donors (Lipinski definition) is 2. The first kappa shape index (κ1) is 19.5. The molecule has 0 atom stereocenters. The van der Waals surface area contributed by atoms with Gasteiger partial charge in [0.15, 0.2) is 0 Å². The van der Waals surface area contributed by atoms with E-state index >= 15 is 0 Å². The molecule has 5 nitrogen and oxygen atoms in total. The summed E-state index contributed by atoms with van der Waals surface area (Å²) >= 11 is 0. The van der Waals surface area contributed by atoms with Crippen LogP contribution in [0.1, 0.15) is 17.1 Å². The van der Waals surface area contributed by atoms with E-state index in [2.05, 4.69) is 5.32 Å². The van der Waals surface area contributed by atoms with Crippen LogP contribution in [0.3, 0.4) is 0 Å². The van der Waals surface area contributed by atoms with Crippen molar-refractivity contribution in [3.8, 4) is 22.6 Å². The SMILES string of the molecule is Cc1ccc(-c2ccc(CO)o2)cc1NC(=O)/C=C/c1ccc(-c2ccccc2)o1. The highest BCUT2D eigenvalue weighted by Gasteiger charge is 2.09. The van der Waals surface area contributed by atoms with E-state index in [1.165, 1.54) is 6.08 Å². The molecule has 1 amide bonds. The molecule has 0 bridgehead atoms. The van der Waals surface area contributed by atoms with Crippen molar-refractivity contribution in [3.63, 3.8) is 0 Å². The second-order valence-electron chi connectivity index (χ2n) is 6.84. The molecule has 5 heteroatoms. The van der Waals surface area contributed by atoms with E-state index in [0.29, 0.717) is 23.0 Å². The van der Waals surface area contributed by atoms with E-state index in [1.807, 2.05) is 67.6 Å². The molecule has 0 radical (unpaired) electrons. The normalized spacial score (nSPS) is 11.1. The van der Waals surface area contributed by atoms with Crippen LogP contribution in [0.15, 0.2) is 87.7 Å². The molecule has 150 valence electrons. The van der Waals surface area contributed by atoms with Gasteiger partial charge in [-0.2, -0.15) is 0 Å². The highest BCUT2D eigenvalue weighted by Crippen LogP contribution is 2.27. The highest BCUT2D eigenvalue weighted by atomic mass is 16.4. The number of hydrogen-bond acceptors (Lipinski definition) is 4. The lowest BCUT2D eigenvalue weighted by molar-refractivity contribution is -0.111. The fourth-order valence-corrected chi connectivity index (χ4v) is 3.06. The fourth-order valence-electron chi connectivity index (χ4n) is 3.06. The minimum absolute atomic E-state index is 0.154. The zero-order valence-corrected chi connectivity index (χ0v) is 16.5. The third kappa shape index (κ3) is 4.42. The second-order valence-corrected chi connectivity index (χ2v) is 6.84. The summed E-state index contributed by atoms with van der Waals surface area (Å²) in [5.74, 6) is 2.21. The molecule has 4 rings (SSSR count). The molecule has 2 aromatic heterocycles. The van der Waals surface area contributed by atoms with E-state index in [9.17, 15) is 4.79 Å². The Balaban J connectivity index is 1.46. The van der Waals surface area contributed by atoms with Crippen LogP contribution in [-0.2, 0) is 11.4 Å². The summed E-state index contributed by atoms with van der Waals surface area (Å²) in [6, 6.07) is 22.7. The van der Waals surface area contributed by atoms with E-state index in [1.54, 1.807) is 18.2 Å². The quantitative estimate of drug-likeness (QED) is 0.410. The van der Waals surface area contributed by atoms with Crippen molar-refractivity contribution in [2.45, 2.75) is 13.5 Å². The molecule has 0 fully saturated rings. The maximum atomic E-state index is 12.4. The van der Waals surface area contributed by atoms with Gasteiger partial charge in [-0.1, -0.05) is 42.5 Å². The van der Waals surface area contributed by atoms with Gasteiger partial charge in [-0.15, -0.1) is 0 Å². The van der Waals surface area contributed by atoms with Crippen LogP contribution in [0.2, 0.25) is 0 Å². The van der Waals surface area contributed by atoms with Gasteiger partial charge >= 0.3 is 0 Å². The van der Waals surface area contributed by atoms with Crippen molar-refractivity contribution in [1.82, 2.24) is 0 Å². The average Bonchev–Trinajstić information content (AvgIpc) is 3.44. The molecular formula is C25H21NO4. The van der Waals surface area contributed by atoms with Gasteiger partial charge in [0.1, 0.15) is 29.6 Å². The summed E-state index contributed by atoms with van der Waals surface area (Å²) in [5, 5.41) is 12.1. The topological polar surface area (TPSA) is 75.6 Å². The maximum absolute atomic E-state index is 12.4. The lowest BCUT2D eigenvalue weighted by Gasteiger charge is -2.08. The molecule has 0 saturated carbocycles. The van der Waals surface area contributed by atoms with Crippen LogP contribution < -0.4 is 5.32 Å². The molecule has 0 unspecified atom stereocenters. The van der Waals surface area contributed by atoms with Crippen LogP contribution in [0.4, 0.5) is 5.69 Å². The lowest BCUT2D eigenvalue weighted by Crippen LogP contribution is -2.09. The number of nitrogens with one attached hydrogen (secondary N) is 1. The van der Waals surface area contributed by atoms with Crippen molar-refractivity contribution in [1.29, 1.82) is 0 Å². The smallest absolute Gasteiger partial charge is 0.248 e. The van der Waals surface area contributed by atoms with Crippen molar-refractivity contribution < 1.29 is 18.7 Å². The number of carbonyl (C=O) groups is 1. The van der Waals surface area contributed by atoms with Crippen molar-refractivity contribution in [2.24, 2.45) is 0 Å². The molecular weight excluding hydrogens is 378 g/mol. The third-order valence-corrected chi connectivity index (χ3v) is 4.68. The highest BCUT2D eigenvalue weighted by molar-refractivity contribution is 6.02. The average molecular weight is 399 g/mol. The Kier molecular flexibility index (Phi) is 5.63. The summed E-state index contributed by atoms with van der Waals surface area (Å²) in [4.78, 5) is 12.4. The maximum Gasteiger partial charge on any atom is 0.248 e. The molecule has 0 aliphatic carbocycles. The Hall–Kier alpha value is -3.83. The van der Waals surface area contributed by atoms with Crippen molar-refractivity contribution >= 4 is 17.7 Å². The van der Waals surface area contributed by atoms with Gasteiger partial charge in [-0.05, 0) is 48.9 Å². The summed E-state index contributed by atoms with van der Waals surface area (Å²) in [5.41, 5.74) is 3.42. The van der Waals surface area contributed by atoms with Crippen molar-refractivity contribution in [3.05, 3.63) is 96.0 Å². The Bertz CT molecular complexity index is 1180. The molecule has 2 N–H and O–H groups in total. The first-order chi connectivity index (χ1) is 14.6. The lowest BCUT2D eigenvalue weighted by atomic mass is 10.1. The number of aryl methyl sites for hydroxylation is 1. The number of aliphatic hydroxyl groups is 1. The summed E-state index contributed by atoms with van der Waals surface area (Å²) in [6.07, 6.45) is 3.08. The van der Waals surface area contributed by atoms with Gasteiger partial charge in [0.2, 0.25) is 5.91 Å². The van der Waals surface area contributed by atoms with Gasteiger partial charge in [-0.25, -0.2) is 0 Å². The van der Waals surface area contributed by atoms with Gasteiger partial charge in [0, 0.05) is 22.9 Å². The predicted octanol–water partition coefficient (Wildman–Crippen LogP) is 5.66. The van der Waals surface area contributed by atoms with Crippen LogP contribution in [0.25, 0.3) is 28.7 Å². The standard InChI is InChI=1S/C25H21NO4/c1-17-7-8-19(24-13-10-21(16-27)30-24)15-22(17)26-25(28)14-11-20-9-12-23(29-20)18-5-3-2-4-6-18/h2-15,27H,16H2,1H3,(H,26,28)/b14-11+.